The summed E-state index contributed by atoms with van der Waals surface area (Å²) < 4.78 is 0. The van der Waals surface area contributed by atoms with Gasteiger partial charge in [0, 0.05) is 6.54 Å². The molecule has 1 nitrogen and oxygen atoms in total. The van der Waals surface area contributed by atoms with E-state index in [-0.39, 0.29) is 0 Å². The van der Waals surface area contributed by atoms with E-state index in [0.29, 0.717) is 4.95 Å². The molecule has 0 aromatic heterocycles. The molecule has 0 aliphatic carbocycles. The molecule has 0 fully saturated rings. The van der Waals surface area contributed by atoms with Gasteiger partial charge in [0.25, 0.3) is 0 Å². The molecule has 0 bridgehead atoms. The summed E-state index contributed by atoms with van der Waals surface area (Å²) in [6, 6.07) is 8.45. The number of halogens is 1. The average molecular weight is 198 g/mol. The first-order valence-corrected chi connectivity index (χ1v) is 4.25. The molecule has 1 unspecified atom stereocenters. The van der Waals surface area contributed by atoms with Gasteiger partial charge in [-0.05, 0) is 11.1 Å². The van der Waals surface area contributed by atoms with Gasteiger partial charge < -0.3 is 0 Å². The highest BCUT2D eigenvalue weighted by Crippen LogP contribution is 2.28. The van der Waals surface area contributed by atoms with Crippen LogP contribution in [0.15, 0.2) is 24.3 Å². The molecule has 10 heavy (non-hydrogen) atoms. The summed E-state index contributed by atoms with van der Waals surface area (Å²) in [4.78, 5) is 0.365. The zero-order valence-electron chi connectivity index (χ0n) is 5.47. The van der Waals surface area contributed by atoms with Crippen molar-refractivity contribution < 1.29 is 0 Å². The van der Waals surface area contributed by atoms with Gasteiger partial charge in [-0.2, -0.15) is 0 Å². The standard InChI is InChI=1S/C8H8BrN/c9-8-7-4-2-1-3-6(7)5-10-8/h1-4,8,10H,5H2. The third-order valence-corrected chi connectivity index (χ3v) is 2.62. The van der Waals surface area contributed by atoms with Crippen molar-refractivity contribution in [1.29, 1.82) is 0 Å². The molecule has 1 heterocycles. The average Bonchev–Trinajstić information content (AvgIpc) is 2.34. The van der Waals surface area contributed by atoms with Crippen molar-refractivity contribution >= 4 is 15.9 Å². The van der Waals surface area contributed by atoms with Crippen LogP contribution in [-0.4, -0.2) is 0 Å². The van der Waals surface area contributed by atoms with Crippen molar-refractivity contribution in [2.24, 2.45) is 0 Å². The molecule has 1 aliphatic heterocycles. The lowest BCUT2D eigenvalue weighted by Crippen LogP contribution is -2.03. The molecule has 2 rings (SSSR count). The molecule has 0 saturated heterocycles. The smallest absolute Gasteiger partial charge is 0.0892 e. The Morgan fingerprint density at radius 3 is 3.00 bits per heavy atom. The minimum atomic E-state index is 0.365. The summed E-state index contributed by atoms with van der Waals surface area (Å²) in [5, 5.41) is 3.30. The van der Waals surface area contributed by atoms with Crippen LogP contribution in [0.1, 0.15) is 16.1 Å². The third-order valence-electron chi connectivity index (χ3n) is 1.80. The number of nitrogens with one attached hydrogen (secondary N) is 1. The Bertz CT molecular complexity index is 247. The summed E-state index contributed by atoms with van der Waals surface area (Å²) in [5.41, 5.74) is 2.78. The van der Waals surface area contributed by atoms with Gasteiger partial charge in [0.1, 0.15) is 0 Å². The Balaban J connectivity index is 2.51. The number of hydrogen-bond acceptors (Lipinski definition) is 1. The van der Waals surface area contributed by atoms with Gasteiger partial charge in [0.05, 0.1) is 4.95 Å². The Morgan fingerprint density at radius 2 is 2.20 bits per heavy atom. The first-order chi connectivity index (χ1) is 4.88. The van der Waals surface area contributed by atoms with E-state index in [1.807, 2.05) is 0 Å². The minimum absolute atomic E-state index is 0.365. The minimum Gasteiger partial charge on any atom is -0.297 e. The second-order valence-corrected chi connectivity index (χ2v) is 3.36. The van der Waals surface area contributed by atoms with Crippen molar-refractivity contribution in [2.45, 2.75) is 11.5 Å². The van der Waals surface area contributed by atoms with E-state index in [1.165, 1.54) is 11.1 Å². The highest BCUT2D eigenvalue weighted by molar-refractivity contribution is 9.09. The Hall–Kier alpha value is -0.340. The monoisotopic (exact) mass is 197 g/mol. The third kappa shape index (κ3) is 0.879. The maximum atomic E-state index is 3.53. The Kier molecular flexibility index (Phi) is 1.51. The van der Waals surface area contributed by atoms with Crippen LogP contribution >= 0.6 is 15.9 Å². The van der Waals surface area contributed by atoms with E-state index in [9.17, 15) is 0 Å². The lowest BCUT2D eigenvalue weighted by atomic mass is 10.1. The van der Waals surface area contributed by atoms with Gasteiger partial charge in [-0.15, -0.1) is 0 Å². The summed E-state index contributed by atoms with van der Waals surface area (Å²) >= 11 is 3.53. The van der Waals surface area contributed by atoms with Crippen molar-refractivity contribution in [2.75, 3.05) is 0 Å². The topological polar surface area (TPSA) is 12.0 Å². The summed E-state index contributed by atoms with van der Waals surface area (Å²) in [5.74, 6) is 0. The van der Waals surface area contributed by atoms with Crippen LogP contribution in [0.5, 0.6) is 0 Å². The van der Waals surface area contributed by atoms with Crippen LogP contribution in [0.3, 0.4) is 0 Å². The molecular formula is C8H8BrN. The van der Waals surface area contributed by atoms with Crippen LogP contribution in [0.4, 0.5) is 0 Å². The van der Waals surface area contributed by atoms with Crippen LogP contribution in [0, 0.1) is 0 Å². The second-order valence-electron chi connectivity index (χ2n) is 2.44. The molecule has 0 radical (unpaired) electrons. The predicted molar refractivity (Wildman–Crippen MR) is 44.9 cm³/mol. The zero-order valence-corrected chi connectivity index (χ0v) is 7.06. The van der Waals surface area contributed by atoms with Crippen LogP contribution < -0.4 is 5.32 Å². The van der Waals surface area contributed by atoms with E-state index in [0.717, 1.165) is 6.54 Å². The molecular weight excluding hydrogens is 190 g/mol. The van der Waals surface area contributed by atoms with Crippen LogP contribution in [-0.2, 0) is 6.54 Å². The highest BCUT2D eigenvalue weighted by Gasteiger charge is 2.16. The summed E-state index contributed by atoms with van der Waals surface area (Å²) in [6.07, 6.45) is 0. The van der Waals surface area contributed by atoms with E-state index in [2.05, 4.69) is 45.5 Å². The fourth-order valence-electron chi connectivity index (χ4n) is 1.25. The van der Waals surface area contributed by atoms with Gasteiger partial charge in [-0.25, -0.2) is 0 Å². The lowest BCUT2D eigenvalue weighted by molar-refractivity contribution is 0.758. The van der Waals surface area contributed by atoms with Crippen molar-refractivity contribution in [3.8, 4) is 0 Å². The number of alkyl halides is 1. The van der Waals surface area contributed by atoms with Gasteiger partial charge in [0.2, 0.25) is 0 Å². The van der Waals surface area contributed by atoms with E-state index in [1.54, 1.807) is 0 Å². The maximum Gasteiger partial charge on any atom is 0.0892 e. The molecule has 1 N–H and O–H groups in total. The normalized spacial score (nSPS) is 22.7. The van der Waals surface area contributed by atoms with E-state index >= 15 is 0 Å². The van der Waals surface area contributed by atoms with E-state index < -0.39 is 0 Å². The molecule has 0 saturated carbocycles. The van der Waals surface area contributed by atoms with Crippen molar-refractivity contribution in [3.63, 3.8) is 0 Å². The van der Waals surface area contributed by atoms with Gasteiger partial charge >= 0.3 is 0 Å². The van der Waals surface area contributed by atoms with E-state index in [4.69, 9.17) is 0 Å². The fraction of sp³-hybridized carbons (Fsp3) is 0.250. The zero-order chi connectivity index (χ0) is 6.97. The predicted octanol–water partition coefficient (Wildman–Crippen LogP) is 2.18. The molecule has 2 heteroatoms. The first kappa shape index (κ1) is 6.38. The summed E-state index contributed by atoms with van der Waals surface area (Å²) in [6.45, 7) is 0.992. The highest BCUT2D eigenvalue weighted by atomic mass is 79.9. The fourth-order valence-corrected chi connectivity index (χ4v) is 1.86. The van der Waals surface area contributed by atoms with Crippen LogP contribution in [0.25, 0.3) is 0 Å². The lowest BCUT2D eigenvalue weighted by Gasteiger charge is -1.99. The first-order valence-electron chi connectivity index (χ1n) is 3.33. The number of hydrogen-bond donors (Lipinski definition) is 1. The maximum absolute atomic E-state index is 3.53. The largest absolute Gasteiger partial charge is 0.297 e. The van der Waals surface area contributed by atoms with Gasteiger partial charge in [-0.3, -0.25) is 5.32 Å². The van der Waals surface area contributed by atoms with Gasteiger partial charge in [-0.1, -0.05) is 40.2 Å². The SMILES string of the molecule is BrC1NCc2ccccc21. The van der Waals surface area contributed by atoms with Crippen molar-refractivity contribution in [1.82, 2.24) is 5.32 Å². The molecule has 1 aliphatic rings. The molecule has 1 aromatic rings. The number of rotatable bonds is 0. The second kappa shape index (κ2) is 2.36. The Labute approximate surface area is 68.6 Å². The quantitative estimate of drug-likeness (QED) is 0.497. The Morgan fingerprint density at radius 1 is 1.40 bits per heavy atom. The number of fused-ring (bicyclic) bond motifs is 1. The van der Waals surface area contributed by atoms with Crippen molar-refractivity contribution in [3.05, 3.63) is 35.4 Å². The molecule has 1 atom stereocenters. The van der Waals surface area contributed by atoms with Gasteiger partial charge in [0.15, 0.2) is 0 Å². The van der Waals surface area contributed by atoms with Crippen LogP contribution in [0.2, 0.25) is 0 Å². The molecule has 0 spiro atoms. The molecule has 1 aromatic carbocycles. The summed E-state index contributed by atoms with van der Waals surface area (Å²) in [7, 11) is 0. The number of benzene rings is 1. The molecule has 0 amide bonds. The molecule has 52 valence electrons.